The van der Waals surface area contributed by atoms with Gasteiger partial charge in [-0.25, -0.2) is 4.79 Å². The van der Waals surface area contributed by atoms with E-state index < -0.39 is 12.0 Å². The molecular formula is C32H48LiN2O3S+. The SMILES string of the molecule is CCCC[N+](C)(CCc1ccc(C(=O)N[C@@H](CCSC)C(=O)O)c(-c2ccccc2C)c1)C1CCCCC1.[LiH]. The van der Waals surface area contributed by atoms with Gasteiger partial charge in [0.25, 0.3) is 5.91 Å². The summed E-state index contributed by atoms with van der Waals surface area (Å²) in [4.78, 5) is 25.2. The average molecular weight is 548 g/mol. The van der Waals surface area contributed by atoms with Crippen LogP contribution in [-0.2, 0) is 11.2 Å². The second-order valence-electron chi connectivity index (χ2n) is 11.2. The molecule has 0 saturated heterocycles. The summed E-state index contributed by atoms with van der Waals surface area (Å²) in [5, 5.41) is 12.4. The molecule has 0 spiro atoms. The van der Waals surface area contributed by atoms with Crippen LogP contribution in [0.25, 0.3) is 11.1 Å². The molecule has 0 radical (unpaired) electrons. The molecule has 7 heteroatoms. The summed E-state index contributed by atoms with van der Waals surface area (Å²) in [5.41, 5.74) is 4.77. The number of nitrogens with zero attached hydrogens (tertiary/aromatic N) is 1. The molecule has 2 N–H and O–H groups in total. The van der Waals surface area contributed by atoms with Gasteiger partial charge in [0.2, 0.25) is 0 Å². The minimum absolute atomic E-state index is 0. The quantitative estimate of drug-likeness (QED) is 0.223. The first-order chi connectivity index (χ1) is 18.3. The van der Waals surface area contributed by atoms with E-state index in [1.54, 1.807) is 11.8 Å². The van der Waals surface area contributed by atoms with Crippen LogP contribution in [0.2, 0.25) is 0 Å². The first-order valence-electron chi connectivity index (χ1n) is 14.3. The zero-order chi connectivity index (χ0) is 27.5. The predicted molar refractivity (Wildman–Crippen MR) is 167 cm³/mol. The summed E-state index contributed by atoms with van der Waals surface area (Å²) in [7, 11) is 2.45. The molecule has 3 rings (SSSR count). The van der Waals surface area contributed by atoms with E-state index in [0.29, 0.717) is 17.7 Å². The summed E-state index contributed by atoms with van der Waals surface area (Å²) >= 11 is 1.58. The van der Waals surface area contributed by atoms with E-state index in [4.69, 9.17) is 0 Å². The zero-order valence-corrected chi connectivity index (χ0v) is 24.6. The second-order valence-corrected chi connectivity index (χ2v) is 12.1. The van der Waals surface area contributed by atoms with E-state index in [2.05, 4.69) is 50.5 Å². The topological polar surface area (TPSA) is 66.4 Å². The molecule has 5 nitrogen and oxygen atoms in total. The van der Waals surface area contributed by atoms with Gasteiger partial charge >= 0.3 is 24.8 Å². The third-order valence-electron chi connectivity index (χ3n) is 8.37. The number of amides is 1. The van der Waals surface area contributed by atoms with Crippen LogP contribution in [-0.4, -0.2) is 84.6 Å². The average Bonchev–Trinajstić information content (AvgIpc) is 2.93. The summed E-state index contributed by atoms with van der Waals surface area (Å²) < 4.78 is 1.13. The van der Waals surface area contributed by atoms with Gasteiger partial charge in [-0.15, -0.1) is 0 Å². The fourth-order valence-corrected chi connectivity index (χ4v) is 6.33. The first kappa shape index (κ1) is 33.5. The van der Waals surface area contributed by atoms with E-state index in [1.807, 2.05) is 24.5 Å². The number of hydrogen-bond donors (Lipinski definition) is 2. The Bertz CT molecular complexity index is 1070. The maximum atomic E-state index is 13.4. The third-order valence-corrected chi connectivity index (χ3v) is 9.01. The van der Waals surface area contributed by atoms with Gasteiger partial charge in [0, 0.05) is 12.0 Å². The Kier molecular flexibility index (Phi) is 14.2. The molecule has 1 amide bonds. The standard InChI is InChI=1S/C32H46N2O3S.Li.H/c1-5-6-20-34(3,26-13-8-7-9-14-26)21-18-25-16-17-28(29(23-25)27-15-11-10-12-24(27)2)31(35)33-30(32(36)37)19-22-38-4;;/h10-12,15-17,23,26,30H,5-9,13-14,18-22H2,1-4H3,(H-,33,35,36,37);;/p+1/t30-,34?;;/m0../s1. The van der Waals surface area contributed by atoms with Gasteiger partial charge in [0.1, 0.15) is 6.04 Å². The van der Waals surface area contributed by atoms with Crippen LogP contribution in [0.1, 0.15) is 79.8 Å². The molecule has 39 heavy (non-hydrogen) atoms. The molecule has 0 bridgehead atoms. The molecule has 2 aromatic carbocycles. The third kappa shape index (κ3) is 9.42. The number of carbonyl (C=O) groups is 2. The molecule has 2 atom stereocenters. The normalized spacial score (nSPS) is 16.1. The fourth-order valence-electron chi connectivity index (χ4n) is 5.86. The van der Waals surface area contributed by atoms with Crippen LogP contribution in [0.4, 0.5) is 0 Å². The van der Waals surface area contributed by atoms with E-state index in [0.717, 1.165) is 40.2 Å². The molecule has 210 valence electrons. The van der Waals surface area contributed by atoms with Gasteiger partial charge in [0.15, 0.2) is 0 Å². The number of carboxylic acid groups (broad SMARTS) is 1. The van der Waals surface area contributed by atoms with Crippen molar-refractivity contribution in [2.45, 2.75) is 83.7 Å². The number of carbonyl (C=O) groups excluding carboxylic acids is 1. The Labute approximate surface area is 252 Å². The number of rotatable bonds is 14. The number of quaternary nitrogens is 1. The maximum absolute atomic E-state index is 13.4. The number of hydrogen-bond acceptors (Lipinski definition) is 3. The molecule has 2 aromatic rings. The van der Waals surface area contributed by atoms with E-state index in [1.165, 1.54) is 57.1 Å². The Morgan fingerprint density at radius 3 is 2.44 bits per heavy atom. The van der Waals surface area contributed by atoms with Crippen LogP contribution >= 0.6 is 11.8 Å². The first-order valence-corrected chi connectivity index (χ1v) is 15.7. The van der Waals surface area contributed by atoms with Gasteiger partial charge in [-0.2, -0.15) is 11.8 Å². The zero-order valence-electron chi connectivity index (χ0n) is 23.8. The fraction of sp³-hybridized carbons (Fsp3) is 0.562. The number of aryl methyl sites for hydroxylation is 1. The molecule has 1 aliphatic rings. The molecule has 0 heterocycles. The monoisotopic (exact) mass is 547 g/mol. The van der Waals surface area contributed by atoms with Crippen molar-refractivity contribution in [2.24, 2.45) is 0 Å². The van der Waals surface area contributed by atoms with Crippen LogP contribution in [0, 0.1) is 6.92 Å². The minimum atomic E-state index is -0.992. The van der Waals surface area contributed by atoms with Crippen molar-refractivity contribution in [2.75, 3.05) is 32.1 Å². The molecule has 1 fully saturated rings. The Morgan fingerprint density at radius 1 is 1.08 bits per heavy atom. The van der Waals surface area contributed by atoms with Gasteiger partial charge < -0.3 is 14.9 Å². The molecule has 0 aliphatic heterocycles. The number of likely N-dealkylation sites (N-methyl/N-ethyl adjacent to an activating group) is 1. The number of carboxylic acids is 1. The van der Waals surface area contributed by atoms with E-state index >= 15 is 0 Å². The summed E-state index contributed by atoms with van der Waals surface area (Å²) in [5.74, 6) is -0.640. The van der Waals surface area contributed by atoms with Crippen LogP contribution in [0.15, 0.2) is 42.5 Å². The summed E-state index contributed by atoms with van der Waals surface area (Å²) in [6.07, 6.45) is 12.5. The van der Waals surface area contributed by atoms with E-state index in [9.17, 15) is 14.7 Å². The Morgan fingerprint density at radius 2 is 1.79 bits per heavy atom. The second kappa shape index (κ2) is 16.5. The van der Waals surface area contributed by atoms with Crippen LogP contribution < -0.4 is 5.32 Å². The number of unbranched alkanes of at least 4 members (excludes halogenated alkanes) is 1. The van der Waals surface area contributed by atoms with Crippen molar-refractivity contribution in [3.63, 3.8) is 0 Å². The van der Waals surface area contributed by atoms with E-state index in [-0.39, 0.29) is 24.8 Å². The van der Waals surface area contributed by atoms with Gasteiger partial charge in [-0.05, 0) is 85.8 Å². The summed E-state index contributed by atoms with van der Waals surface area (Å²) in [6.45, 7) is 6.65. The molecule has 0 aromatic heterocycles. The van der Waals surface area contributed by atoms with Crippen LogP contribution in [0.5, 0.6) is 0 Å². The molecule has 1 saturated carbocycles. The number of benzene rings is 2. The Balaban J connectivity index is 0.00000533. The Hall–Kier alpha value is -1.71. The van der Waals surface area contributed by atoms with Crippen molar-refractivity contribution in [3.05, 3.63) is 59.2 Å². The van der Waals surface area contributed by atoms with Crippen molar-refractivity contribution in [3.8, 4) is 11.1 Å². The van der Waals surface area contributed by atoms with Crippen LogP contribution in [0.3, 0.4) is 0 Å². The van der Waals surface area contributed by atoms with Crippen molar-refractivity contribution >= 4 is 42.5 Å². The molecule has 1 unspecified atom stereocenters. The number of aliphatic carboxylic acids is 1. The van der Waals surface area contributed by atoms with Gasteiger partial charge in [-0.1, -0.05) is 56.2 Å². The summed E-state index contributed by atoms with van der Waals surface area (Å²) in [6, 6.07) is 14.1. The number of nitrogens with one attached hydrogen (secondary N) is 1. The predicted octanol–water partition coefficient (Wildman–Crippen LogP) is 6.07. The van der Waals surface area contributed by atoms with Gasteiger partial charge in [-0.3, -0.25) is 4.79 Å². The number of thioether (sulfide) groups is 1. The van der Waals surface area contributed by atoms with Gasteiger partial charge in [0.05, 0.1) is 26.2 Å². The molecule has 1 aliphatic carbocycles. The van der Waals surface area contributed by atoms with Crippen molar-refractivity contribution in [1.29, 1.82) is 0 Å². The molecular weight excluding hydrogens is 499 g/mol. The van der Waals surface area contributed by atoms with Crippen molar-refractivity contribution in [1.82, 2.24) is 5.32 Å². The van der Waals surface area contributed by atoms with Crippen molar-refractivity contribution < 1.29 is 19.2 Å².